The molecule has 0 bridgehead atoms. The van der Waals surface area contributed by atoms with Gasteiger partial charge in [-0.2, -0.15) is 4.57 Å². The number of aromatic nitrogens is 1. The Hall–Kier alpha value is -3.35. The van der Waals surface area contributed by atoms with Gasteiger partial charge in [0.05, 0.1) is 31.0 Å². The highest BCUT2D eigenvalue weighted by Gasteiger charge is 2.24. The molecular weight excluding hydrogens is 596 g/mol. The van der Waals surface area contributed by atoms with Crippen LogP contribution >= 0.6 is 23.1 Å². The number of benzene rings is 3. The number of methoxy groups -OCH3 is 2. The van der Waals surface area contributed by atoms with Gasteiger partial charge in [0.15, 0.2) is 0 Å². The van der Waals surface area contributed by atoms with Crippen LogP contribution in [0.4, 0.5) is 5.69 Å². The topological polar surface area (TPSA) is 118 Å². The number of halogens is 1. The van der Waals surface area contributed by atoms with Crippen molar-refractivity contribution in [2.45, 2.75) is 25.3 Å². The molecule has 0 aliphatic carbocycles. The first-order valence-electron chi connectivity index (χ1n) is 13.1. The summed E-state index contributed by atoms with van der Waals surface area (Å²) in [6.45, 7) is 6.16. The second kappa shape index (κ2) is 14.2. The van der Waals surface area contributed by atoms with Crippen molar-refractivity contribution >= 4 is 50.7 Å². The monoisotopic (exact) mass is 626 g/mol. The van der Waals surface area contributed by atoms with Gasteiger partial charge in [0.1, 0.15) is 22.7 Å². The third-order valence-electron chi connectivity index (χ3n) is 6.43. The molecule has 0 saturated heterocycles. The van der Waals surface area contributed by atoms with Crippen molar-refractivity contribution < 1.29 is 42.9 Å². The molecule has 0 radical (unpaired) electrons. The van der Waals surface area contributed by atoms with Crippen LogP contribution in [0.25, 0.3) is 21.9 Å². The fourth-order valence-corrected chi connectivity index (χ4v) is 6.73. The second-order valence-electron chi connectivity index (χ2n) is 8.90. The highest BCUT2D eigenvalue weighted by molar-refractivity contribution is 8.03. The molecule has 5 rings (SSSR count). The molecule has 3 aromatic carbocycles. The van der Waals surface area contributed by atoms with Gasteiger partial charge in [0.2, 0.25) is 5.52 Å². The molecule has 0 amide bonds. The number of thioether (sulfide) groups is 1. The predicted molar refractivity (Wildman–Crippen MR) is 158 cm³/mol. The minimum Gasteiger partial charge on any atom is -0.497 e. The van der Waals surface area contributed by atoms with Crippen LogP contribution in [-0.2, 0) is 6.54 Å². The lowest BCUT2D eigenvalue weighted by atomic mass is 10.1. The largest absolute Gasteiger partial charge is 0.497 e. The van der Waals surface area contributed by atoms with Crippen molar-refractivity contribution in [3.63, 3.8) is 0 Å². The van der Waals surface area contributed by atoms with E-state index in [4.69, 9.17) is 28.1 Å². The van der Waals surface area contributed by atoms with Crippen molar-refractivity contribution in [2.75, 3.05) is 25.7 Å². The number of rotatable bonds is 8. The molecule has 1 aliphatic rings. The van der Waals surface area contributed by atoms with Crippen molar-refractivity contribution in [3.05, 3.63) is 101 Å². The Balaban J connectivity index is 0.000000748. The third-order valence-corrected chi connectivity index (χ3v) is 8.69. The lowest BCUT2D eigenvalue weighted by molar-refractivity contribution is -2.00. The Kier molecular flexibility index (Phi) is 10.7. The molecule has 42 heavy (non-hydrogen) atoms. The van der Waals surface area contributed by atoms with Crippen LogP contribution in [0.5, 0.6) is 11.5 Å². The van der Waals surface area contributed by atoms with E-state index in [1.165, 1.54) is 36.4 Å². The van der Waals surface area contributed by atoms with Gasteiger partial charge in [0.25, 0.3) is 5.01 Å². The van der Waals surface area contributed by atoms with E-state index in [1.54, 1.807) is 37.3 Å². The fourth-order valence-electron chi connectivity index (χ4n) is 4.52. The van der Waals surface area contributed by atoms with Gasteiger partial charge >= 0.3 is 0 Å². The van der Waals surface area contributed by atoms with Gasteiger partial charge in [-0.25, -0.2) is 18.6 Å². The zero-order chi connectivity index (χ0) is 30.3. The smallest absolute Gasteiger partial charge is 0.262 e. The molecule has 1 aromatic heterocycles. The predicted octanol–water partition coefficient (Wildman–Crippen LogP) is 3.04. The maximum atomic E-state index is 8.49. The van der Waals surface area contributed by atoms with E-state index < -0.39 is 10.2 Å². The summed E-state index contributed by atoms with van der Waals surface area (Å²) in [5.41, 5.74) is 4.75. The minimum atomic E-state index is -4.94. The van der Waals surface area contributed by atoms with Crippen LogP contribution in [0.3, 0.4) is 0 Å². The first-order chi connectivity index (χ1) is 20.1. The summed E-state index contributed by atoms with van der Waals surface area (Å²) in [5, 5.41) is 2.43. The fraction of sp³-hybridized carbons (Fsp3) is 0.194. The van der Waals surface area contributed by atoms with E-state index in [9.17, 15) is 0 Å². The number of fused-ring (bicyclic) bond motifs is 2. The number of hydrogen-bond acceptors (Lipinski definition) is 9. The quantitative estimate of drug-likeness (QED) is 0.216. The summed E-state index contributed by atoms with van der Waals surface area (Å²) in [4.78, 5) is 3.60. The third kappa shape index (κ3) is 7.93. The summed E-state index contributed by atoms with van der Waals surface area (Å²) in [7, 11) is -1.51. The summed E-state index contributed by atoms with van der Waals surface area (Å²) < 4.78 is 48.5. The van der Waals surface area contributed by atoms with Crippen LogP contribution in [0.15, 0.2) is 94.9 Å². The van der Waals surface area contributed by atoms with Gasteiger partial charge in [-0.05, 0) is 61.4 Å². The van der Waals surface area contributed by atoms with Crippen LogP contribution in [-0.4, -0.2) is 20.8 Å². The van der Waals surface area contributed by atoms with Crippen LogP contribution in [0.2, 0.25) is 0 Å². The molecule has 1 aliphatic heterocycles. The molecule has 0 unspecified atom stereocenters. The number of nitrogens with zero attached hydrogens (tertiary/aromatic N) is 2. The lowest BCUT2D eigenvalue weighted by Crippen LogP contribution is -2.68. The van der Waals surface area contributed by atoms with Crippen LogP contribution in [0, 0.1) is 10.2 Å². The molecule has 0 N–H and O–H groups in total. The summed E-state index contributed by atoms with van der Waals surface area (Å²) in [6, 6.07) is 23.1. The normalized spacial score (nSPS) is 14.3. The molecule has 0 fully saturated rings. The SMILES string of the molecule is CCN1\C(=C/C=C(/C=C/c2sc3ccc(OC)cc3[n+]2CC)c2ccccc2)Sc2ccc(OC)cc21.[O-][Cl+3]([O-])([O-])[O-]. The second-order valence-corrected chi connectivity index (χ2v) is 11.8. The zero-order valence-electron chi connectivity index (χ0n) is 23.6. The van der Waals surface area contributed by atoms with E-state index in [0.717, 1.165) is 30.2 Å². The zero-order valence-corrected chi connectivity index (χ0v) is 26.0. The molecule has 2 heterocycles. The molecule has 8 nitrogen and oxygen atoms in total. The molecular formula is C31H31ClN2O6S2. The summed E-state index contributed by atoms with van der Waals surface area (Å²) >= 11 is 3.60. The first kappa shape index (κ1) is 31.6. The van der Waals surface area contributed by atoms with E-state index in [2.05, 4.69) is 102 Å². The van der Waals surface area contributed by atoms with E-state index in [1.807, 2.05) is 12.1 Å². The Bertz CT molecular complexity index is 1610. The van der Waals surface area contributed by atoms with E-state index in [0.29, 0.717) is 0 Å². The summed E-state index contributed by atoms with van der Waals surface area (Å²) in [5.74, 6) is 1.76. The maximum absolute atomic E-state index is 8.49. The number of anilines is 1. The minimum absolute atomic E-state index is 0.882. The van der Waals surface area contributed by atoms with Gasteiger partial charge in [0, 0.05) is 23.6 Å². The maximum Gasteiger partial charge on any atom is 0.262 e. The number of thiazole rings is 1. The van der Waals surface area contributed by atoms with Gasteiger partial charge in [-0.15, -0.1) is 10.2 Å². The molecule has 11 heteroatoms. The molecule has 4 aromatic rings. The van der Waals surface area contributed by atoms with Gasteiger partial charge < -0.3 is 14.4 Å². The van der Waals surface area contributed by atoms with Gasteiger partial charge in [-0.1, -0.05) is 59.5 Å². The molecule has 0 spiro atoms. The van der Waals surface area contributed by atoms with Crippen molar-refractivity contribution in [1.82, 2.24) is 0 Å². The number of aryl methyl sites for hydroxylation is 1. The number of allylic oxidation sites excluding steroid dienone is 4. The van der Waals surface area contributed by atoms with Gasteiger partial charge in [-0.3, -0.25) is 0 Å². The average molecular weight is 627 g/mol. The number of ether oxygens (including phenoxy) is 2. The van der Waals surface area contributed by atoms with E-state index >= 15 is 0 Å². The van der Waals surface area contributed by atoms with Crippen molar-refractivity contribution in [2.24, 2.45) is 0 Å². The lowest BCUT2D eigenvalue weighted by Gasteiger charge is -2.18. The summed E-state index contributed by atoms with van der Waals surface area (Å²) in [6.07, 6.45) is 8.92. The van der Waals surface area contributed by atoms with Crippen molar-refractivity contribution in [1.29, 1.82) is 0 Å². The Morgan fingerprint density at radius 3 is 2.24 bits per heavy atom. The van der Waals surface area contributed by atoms with E-state index in [-0.39, 0.29) is 0 Å². The Labute approximate surface area is 255 Å². The standard InChI is InChI=1S/C31H31N2O2S2.ClHO4/c1-5-32-26-20-24(34-3)14-16-28(26)36-30(32)18-12-23(22-10-8-7-9-11-22)13-19-31-33(6-2)27-21-25(35-4)15-17-29(27)37-31;2-1(3,4)5/h7-21H,5-6H2,1-4H3;(H,2,3,4,5)/q+1;/p-1. The first-order valence-corrected chi connectivity index (χ1v) is 15.9. The molecule has 0 saturated carbocycles. The highest BCUT2D eigenvalue weighted by Crippen LogP contribution is 2.47. The Morgan fingerprint density at radius 2 is 1.60 bits per heavy atom. The Morgan fingerprint density at radius 1 is 0.929 bits per heavy atom. The average Bonchev–Trinajstić information content (AvgIpc) is 3.52. The van der Waals surface area contributed by atoms with Crippen LogP contribution < -0.4 is 37.6 Å². The molecule has 0 atom stereocenters. The van der Waals surface area contributed by atoms with Crippen molar-refractivity contribution in [3.8, 4) is 11.5 Å². The van der Waals surface area contributed by atoms with Crippen LogP contribution in [0.1, 0.15) is 24.4 Å². The number of hydrogen-bond donors (Lipinski definition) is 0. The molecule has 220 valence electrons. The highest BCUT2D eigenvalue weighted by atomic mass is 35.7.